The van der Waals surface area contributed by atoms with Gasteiger partial charge < -0.3 is 10.1 Å². The number of likely N-dealkylation sites (tertiary alicyclic amines) is 1. The Morgan fingerprint density at radius 1 is 1.55 bits per heavy atom. The minimum Gasteiger partial charge on any atom is -0.496 e. The van der Waals surface area contributed by atoms with Crippen LogP contribution in [0.5, 0.6) is 5.75 Å². The van der Waals surface area contributed by atoms with Gasteiger partial charge in [0.15, 0.2) is 0 Å². The zero-order valence-electron chi connectivity index (χ0n) is 12.0. The number of carbonyl (C=O) groups excluding carboxylic acids is 1. The Hall–Kier alpha value is -1.07. The molecule has 1 heterocycles. The highest BCUT2D eigenvalue weighted by Gasteiger charge is 2.23. The summed E-state index contributed by atoms with van der Waals surface area (Å²) in [6.07, 6.45) is 2.37. The first-order chi connectivity index (χ1) is 9.65. The summed E-state index contributed by atoms with van der Waals surface area (Å²) in [5, 5.41) is 3.03. The van der Waals surface area contributed by atoms with Crippen LogP contribution in [0.4, 0.5) is 0 Å². The highest BCUT2D eigenvalue weighted by molar-refractivity contribution is 9.10. The largest absolute Gasteiger partial charge is 0.496 e. The van der Waals surface area contributed by atoms with E-state index in [1.807, 2.05) is 6.07 Å². The van der Waals surface area contributed by atoms with Crippen LogP contribution in [0.3, 0.4) is 0 Å². The molecule has 1 atom stereocenters. The van der Waals surface area contributed by atoms with Gasteiger partial charge in [-0.1, -0.05) is 22.9 Å². The molecular weight excluding hydrogens is 320 g/mol. The van der Waals surface area contributed by atoms with Gasteiger partial charge in [-0.05, 0) is 44.1 Å². The predicted molar refractivity (Wildman–Crippen MR) is 83.3 cm³/mol. The van der Waals surface area contributed by atoms with Crippen LogP contribution in [0.25, 0.3) is 0 Å². The minimum absolute atomic E-state index is 0.0777. The van der Waals surface area contributed by atoms with E-state index >= 15 is 0 Å². The van der Waals surface area contributed by atoms with Crippen molar-refractivity contribution >= 4 is 21.8 Å². The number of ether oxygens (including phenoxy) is 1. The van der Waals surface area contributed by atoms with Crippen LogP contribution in [-0.2, 0) is 0 Å². The number of likely N-dealkylation sites (N-methyl/N-ethyl adjacent to an activating group) is 1. The number of rotatable bonds is 5. The molecule has 1 aliphatic heterocycles. The Morgan fingerprint density at radius 3 is 3.05 bits per heavy atom. The van der Waals surface area contributed by atoms with Crippen molar-refractivity contribution in [2.45, 2.75) is 25.8 Å². The molecule has 1 saturated heterocycles. The van der Waals surface area contributed by atoms with Gasteiger partial charge in [-0.3, -0.25) is 9.69 Å². The number of hydrogen-bond donors (Lipinski definition) is 1. The van der Waals surface area contributed by atoms with E-state index in [0.29, 0.717) is 23.9 Å². The van der Waals surface area contributed by atoms with Gasteiger partial charge in [0.05, 0.1) is 12.7 Å². The highest BCUT2D eigenvalue weighted by Crippen LogP contribution is 2.23. The second-order valence-corrected chi connectivity index (χ2v) is 5.89. The van der Waals surface area contributed by atoms with Gasteiger partial charge >= 0.3 is 0 Å². The molecule has 1 unspecified atom stereocenters. The van der Waals surface area contributed by atoms with E-state index in [9.17, 15) is 4.79 Å². The number of carbonyl (C=O) groups is 1. The Balaban J connectivity index is 2.00. The molecule has 5 heteroatoms. The number of benzene rings is 1. The first kappa shape index (κ1) is 15.3. The second kappa shape index (κ2) is 7.09. The number of hydrogen-bond acceptors (Lipinski definition) is 3. The molecule has 1 N–H and O–H groups in total. The lowest BCUT2D eigenvalue weighted by molar-refractivity contribution is 0.0938. The molecule has 1 aromatic rings. The lowest BCUT2D eigenvalue weighted by Gasteiger charge is -2.23. The Morgan fingerprint density at radius 2 is 2.35 bits per heavy atom. The van der Waals surface area contributed by atoms with Crippen LogP contribution in [0.1, 0.15) is 30.1 Å². The normalized spacial score (nSPS) is 19.1. The zero-order chi connectivity index (χ0) is 14.5. The van der Waals surface area contributed by atoms with E-state index < -0.39 is 0 Å². The Kier molecular flexibility index (Phi) is 5.43. The third-order valence-electron chi connectivity index (χ3n) is 3.81. The standard InChI is InChI=1S/C15H21BrN2O2/c1-3-18-8-4-5-12(18)10-17-15(19)13-9-11(16)6-7-14(13)20-2/h6-7,9,12H,3-5,8,10H2,1-2H3,(H,17,19). The first-order valence-electron chi connectivity index (χ1n) is 7.01. The van der Waals surface area contributed by atoms with Gasteiger partial charge in [0, 0.05) is 17.1 Å². The molecule has 2 rings (SSSR count). The fraction of sp³-hybridized carbons (Fsp3) is 0.533. The summed E-state index contributed by atoms with van der Waals surface area (Å²) in [5.74, 6) is 0.524. The highest BCUT2D eigenvalue weighted by atomic mass is 79.9. The summed E-state index contributed by atoms with van der Waals surface area (Å²) in [4.78, 5) is 14.7. The minimum atomic E-state index is -0.0777. The summed E-state index contributed by atoms with van der Waals surface area (Å²) in [7, 11) is 1.58. The fourth-order valence-electron chi connectivity index (χ4n) is 2.71. The fourth-order valence-corrected chi connectivity index (χ4v) is 3.07. The van der Waals surface area contributed by atoms with Crippen LogP contribution in [0.15, 0.2) is 22.7 Å². The van der Waals surface area contributed by atoms with E-state index in [1.54, 1.807) is 19.2 Å². The van der Waals surface area contributed by atoms with Crippen LogP contribution in [0.2, 0.25) is 0 Å². The third-order valence-corrected chi connectivity index (χ3v) is 4.30. The second-order valence-electron chi connectivity index (χ2n) is 4.98. The summed E-state index contributed by atoms with van der Waals surface area (Å²) >= 11 is 3.39. The quantitative estimate of drug-likeness (QED) is 0.895. The predicted octanol–water partition coefficient (Wildman–Crippen LogP) is 2.67. The number of methoxy groups -OCH3 is 1. The van der Waals surface area contributed by atoms with Crippen molar-refractivity contribution in [3.05, 3.63) is 28.2 Å². The maximum atomic E-state index is 12.3. The van der Waals surface area contributed by atoms with Gasteiger partial charge in [-0.2, -0.15) is 0 Å². The molecule has 1 aliphatic rings. The molecule has 0 spiro atoms. The summed E-state index contributed by atoms with van der Waals surface area (Å²) in [6.45, 7) is 5.04. The van der Waals surface area contributed by atoms with Crippen LogP contribution in [0, 0.1) is 0 Å². The van der Waals surface area contributed by atoms with Crippen molar-refractivity contribution in [1.82, 2.24) is 10.2 Å². The Labute approximate surface area is 128 Å². The van der Waals surface area contributed by atoms with Crippen LogP contribution < -0.4 is 10.1 Å². The molecule has 0 aliphatic carbocycles. The first-order valence-corrected chi connectivity index (χ1v) is 7.80. The van der Waals surface area contributed by atoms with E-state index in [4.69, 9.17) is 4.74 Å². The van der Waals surface area contributed by atoms with Gasteiger partial charge in [0.2, 0.25) is 0 Å². The third kappa shape index (κ3) is 3.52. The molecule has 0 saturated carbocycles. The van der Waals surface area contributed by atoms with Gasteiger partial charge in [0.1, 0.15) is 5.75 Å². The molecule has 4 nitrogen and oxygen atoms in total. The molecule has 20 heavy (non-hydrogen) atoms. The van der Waals surface area contributed by atoms with Crippen LogP contribution >= 0.6 is 15.9 Å². The molecule has 0 aromatic heterocycles. The molecule has 0 radical (unpaired) electrons. The molecule has 1 aromatic carbocycles. The maximum Gasteiger partial charge on any atom is 0.255 e. The maximum absolute atomic E-state index is 12.3. The SMILES string of the molecule is CCN1CCCC1CNC(=O)c1cc(Br)ccc1OC. The summed E-state index contributed by atoms with van der Waals surface area (Å²) in [5.41, 5.74) is 0.572. The Bertz CT molecular complexity index is 479. The van der Waals surface area contributed by atoms with E-state index in [0.717, 1.165) is 24.0 Å². The lowest BCUT2D eigenvalue weighted by atomic mass is 10.1. The van der Waals surface area contributed by atoms with Crippen molar-refractivity contribution < 1.29 is 9.53 Å². The topological polar surface area (TPSA) is 41.6 Å². The molecular formula is C15H21BrN2O2. The number of nitrogens with zero attached hydrogens (tertiary/aromatic N) is 1. The number of halogens is 1. The van der Waals surface area contributed by atoms with E-state index in [1.165, 1.54) is 6.42 Å². The van der Waals surface area contributed by atoms with Crippen molar-refractivity contribution in [2.75, 3.05) is 26.7 Å². The van der Waals surface area contributed by atoms with E-state index in [-0.39, 0.29) is 5.91 Å². The monoisotopic (exact) mass is 340 g/mol. The van der Waals surface area contributed by atoms with Gasteiger partial charge in [-0.25, -0.2) is 0 Å². The van der Waals surface area contributed by atoms with Crippen molar-refractivity contribution in [3.8, 4) is 5.75 Å². The number of amides is 1. The van der Waals surface area contributed by atoms with Gasteiger partial charge in [-0.15, -0.1) is 0 Å². The van der Waals surface area contributed by atoms with Crippen molar-refractivity contribution in [3.63, 3.8) is 0 Å². The smallest absolute Gasteiger partial charge is 0.255 e. The molecule has 1 amide bonds. The number of nitrogens with one attached hydrogen (secondary N) is 1. The molecule has 1 fully saturated rings. The van der Waals surface area contributed by atoms with Crippen molar-refractivity contribution in [2.24, 2.45) is 0 Å². The lowest BCUT2D eigenvalue weighted by Crippen LogP contribution is -2.40. The summed E-state index contributed by atoms with van der Waals surface area (Å²) in [6, 6.07) is 5.92. The average molecular weight is 341 g/mol. The molecule has 110 valence electrons. The summed E-state index contributed by atoms with van der Waals surface area (Å²) < 4.78 is 6.12. The molecule has 0 bridgehead atoms. The zero-order valence-corrected chi connectivity index (χ0v) is 13.6. The van der Waals surface area contributed by atoms with E-state index in [2.05, 4.69) is 33.1 Å². The van der Waals surface area contributed by atoms with Crippen LogP contribution in [-0.4, -0.2) is 43.6 Å². The average Bonchev–Trinajstić information content (AvgIpc) is 2.92. The van der Waals surface area contributed by atoms with Crippen molar-refractivity contribution in [1.29, 1.82) is 0 Å². The van der Waals surface area contributed by atoms with Gasteiger partial charge in [0.25, 0.3) is 5.91 Å².